The number of carboxylic acid groups (broad SMARTS) is 1. The van der Waals surface area contributed by atoms with Gasteiger partial charge in [-0.1, -0.05) is 0 Å². The van der Waals surface area contributed by atoms with Gasteiger partial charge in [0.2, 0.25) is 0 Å². The molecule has 4 heteroatoms. The summed E-state index contributed by atoms with van der Waals surface area (Å²) in [6.45, 7) is 3.16. The Morgan fingerprint density at radius 2 is 2.07 bits per heavy atom. The first kappa shape index (κ1) is 10.1. The van der Waals surface area contributed by atoms with E-state index in [0.717, 1.165) is 23.2 Å². The fourth-order valence-corrected chi connectivity index (χ4v) is 1.95. The summed E-state index contributed by atoms with van der Waals surface area (Å²) in [5.41, 5.74) is 3.18. The molecule has 15 heavy (non-hydrogen) atoms. The van der Waals surface area contributed by atoms with Crippen LogP contribution in [0.2, 0.25) is 0 Å². The lowest BCUT2D eigenvalue weighted by molar-refractivity contribution is 0.0695. The minimum Gasteiger partial charge on any atom is -0.478 e. The van der Waals surface area contributed by atoms with Crippen LogP contribution in [-0.4, -0.2) is 29.3 Å². The predicted octanol–water partition coefficient (Wildman–Crippen LogP) is 1.20. The number of rotatable bonds is 1. The van der Waals surface area contributed by atoms with Crippen LogP contribution in [0.25, 0.3) is 0 Å². The van der Waals surface area contributed by atoms with E-state index in [9.17, 15) is 4.79 Å². The molecule has 1 aliphatic heterocycles. The van der Waals surface area contributed by atoms with Crippen molar-refractivity contribution in [3.05, 3.63) is 28.6 Å². The van der Waals surface area contributed by atoms with E-state index >= 15 is 0 Å². The Bertz CT molecular complexity index is 401. The van der Waals surface area contributed by atoms with Gasteiger partial charge in [-0.05, 0) is 30.9 Å². The van der Waals surface area contributed by atoms with Crippen LogP contribution in [0.4, 0.5) is 0 Å². The zero-order valence-electron chi connectivity index (χ0n) is 8.62. The van der Waals surface area contributed by atoms with E-state index in [1.807, 2.05) is 6.92 Å². The predicted molar refractivity (Wildman–Crippen MR) is 54.2 cm³/mol. The second-order valence-electron chi connectivity index (χ2n) is 3.63. The molecule has 0 aliphatic carbocycles. The number of nitrogens with zero attached hydrogens (tertiary/aromatic N) is 1. The second-order valence-corrected chi connectivity index (χ2v) is 3.63. The summed E-state index contributed by atoms with van der Waals surface area (Å²) < 4.78 is 5.35. The second kappa shape index (κ2) is 3.98. The molecule has 1 aromatic heterocycles. The summed E-state index contributed by atoms with van der Waals surface area (Å²) in [5.74, 6) is -0.902. The number of aromatic nitrogens is 1. The van der Waals surface area contributed by atoms with Gasteiger partial charge in [0.05, 0.1) is 18.8 Å². The van der Waals surface area contributed by atoms with E-state index in [1.165, 1.54) is 6.20 Å². The van der Waals surface area contributed by atoms with Gasteiger partial charge in [0.25, 0.3) is 0 Å². The highest BCUT2D eigenvalue weighted by molar-refractivity contribution is 5.89. The van der Waals surface area contributed by atoms with Gasteiger partial charge in [-0.2, -0.15) is 0 Å². The number of carboxylic acids is 1. The van der Waals surface area contributed by atoms with E-state index in [-0.39, 0.29) is 0 Å². The van der Waals surface area contributed by atoms with Crippen molar-refractivity contribution in [3.8, 4) is 0 Å². The van der Waals surface area contributed by atoms with Gasteiger partial charge in [0.15, 0.2) is 0 Å². The molecule has 0 radical (unpaired) electrons. The van der Waals surface area contributed by atoms with Gasteiger partial charge in [-0.15, -0.1) is 0 Å². The maximum absolute atomic E-state index is 11.0. The molecule has 1 aromatic rings. The molecule has 0 aromatic carbocycles. The average molecular weight is 207 g/mol. The summed E-state index contributed by atoms with van der Waals surface area (Å²) in [4.78, 5) is 15.1. The third kappa shape index (κ3) is 1.85. The summed E-state index contributed by atoms with van der Waals surface area (Å²) in [7, 11) is 0. The smallest absolute Gasteiger partial charge is 0.337 e. The fraction of sp³-hybridized carbons (Fsp3) is 0.455. The molecular weight excluding hydrogens is 194 g/mol. The largest absolute Gasteiger partial charge is 0.478 e. The van der Waals surface area contributed by atoms with Crippen molar-refractivity contribution in [3.63, 3.8) is 0 Å². The topological polar surface area (TPSA) is 59.4 Å². The molecule has 80 valence electrons. The van der Waals surface area contributed by atoms with E-state index in [4.69, 9.17) is 9.84 Å². The van der Waals surface area contributed by atoms with Crippen molar-refractivity contribution in [2.75, 3.05) is 13.2 Å². The monoisotopic (exact) mass is 207 g/mol. The molecular formula is C11H13NO3. The van der Waals surface area contributed by atoms with Crippen molar-refractivity contribution in [1.82, 2.24) is 4.98 Å². The Kier molecular flexibility index (Phi) is 2.68. The van der Waals surface area contributed by atoms with Crippen LogP contribution in [0, 0.1) is 6.92 Å². The minimum atomic E-state index is -0.902. The molecule has 0 amide bonds. The van der Waals surface area contributed by atoms with Crippen LogP contribution < -0.4 is 0 Å². The molecule has 4 nitrogen and oxygen atoms in total. The Balaban J connectivity index is 2.56. The summed E-state index contributed by atoms with van der Waals surface area (Å²) in [5, 5.41) is 9.04. The number of hydrogen-bond donors (Lipinski definition) is 1. The maximum Gasteiger partial charge on any atom is 0.337 e. The fourth-order valence-electron chi connectivity index (χ4n) is 1.95. The number of aromatic carboxylic acids is 1. The molecule has 1 N–H and O–H groups in total. The highest BCUT2D eigenvalue weighted by Crippen LogP contribution is 2.21. The van der Waals surface area contributed by atoms with Crippen molar-refractivity contribution < 1.29 is 14.6 Å². The molecule has 0 saturated carbocycles. The SMILES string of the molecule is Cc1ncc(C(=O)O)c2c1CCOCC2. The van der Waals surface area contributed by atoms with Gasteiger partial charge in [0, 0.05) is 11.9 Å². The molecule has 0 fully saturated rings. The van der Waals surface area contributed by atoms with E-state index in [1.54, 1.807) is 0 Å². The quantitative estimate of drug-likeness (QED) is 0.751. The third-order valence-corrected chi connectivity index (χ3v) is 2.74. The molecule has 2 heterocycles. The van der Waals surface area contributed by atoms with Gasteiger partial charge >= 0.3 is 5.97 Å². The third-order valence-electron chi connectivity index (χ3n) is 2.74. The van der Waals surface area contributed by atoms with Gasteiger partial charge in [-0.25, -0.2) is 4.79 Å². The van der Waals surface area contributed by atoms with Gasteiger partial charge in [-0.3, -0.25) is 4.98 Å². The lowest BCUT2D eigenvalue weighted by Gasteiger charge is -2.10. The molecule has 2 rings (SSSR count). The average Bonchev–Trinajstić information content (AvgIpc) is 2.43. The molecule has 0 unspecified atom stereocenters. The van der Waals surface area contributed by atoms with Crippen molar-refractivity contribution in [2.45, 2.75) is 19.8 Å². The maximum atomic E-state index is 11.0. The zero-order valence-corrected chi connectivity index (χ0v) is 8.62. The summed E-state index contributed by atoms with van der Waals surface area (Å²) in [6, 6.07) is 0. The minimum absolute atomic E-state index is 0.320. The van der Waals surface area contributed by atoms with Crippen LogP contribution in [0.15, 0.2) is 6.20 Å². The Morgan fingerprint density at radius 1 is 1.40 bits per heavy atom. The molecule has 0 bridgehead atoms. The molecule has 0 saturated heterocycles. The van der Waals surface area contributed by atoms with Crippen LogP contribution in [0.1, 0.15) is 27.2 Å². The number of fused-ring (bicyclic) bond motifs is 1. The van der Waals surface area contributed by atoms with Gasteiger partial charge in [0.1, 0.15) is 0 Å². The van der Waals surface area contributed by atoms with E-state index in [2.05, 4.69) is 4.98 Å². The zero-order chi connectivity index (χ0) is 10.8. The highest BCUT2D eigenvalue weighted by atomic mass is 16.5. The Hall–Kier alpha value is -1.42. The highest BCUT2D eigenvalue weighted by Gasteiger charge is 2.18. The normalized spacial score (nSPS) is 15.5. The molecule has 1 aliphatic rings. The van der Waals surface area contributed by atoms with Crippen molar-refractivity contribution in [1.29, 1.82) is 0 Å². The summed E-state index contributed by atoms with van der Waals surface area (Å²) >= 11 is 0. The standard InChI is InChI=1S/C11H13NO3/c1-7-8-2-4-15-5-3-9(8)10(6-12-7)11(13)14/h6H,2-5H2,1H3,(H,13,14). The number of carbonyl (C=O) groups is 1. The first-order valence-corrected chi connectivity index (χ1v) is 4.98. The number of ether oxygens (including phenoxy) is 1. The van der Waals surface area contributed by atoms with E-state index in [0.29, 0.717) is 25.2 Å². The number of hydrogen-bond acceptors (Lipinski definition) is 3. The van der Waals surface area contributed by atoms with Crippen LogP contribution in [0.3, 0.4) is 0 Å². The summed E-state index contributed by atoms with van der Waals surface area (Å²) in [6.07, 6.45) is 2.87. The number of aryl methyl sites for hydroxylation is 1. The lowest BCUT2D eigenvalue weighted by atomic mass is 9.97. The van der Waals surface area contributed by atoms with Crippen LogP contribution >= 0.6 is 0 Å². The molecule has 0 spiro atoms. The first-order chi connectivity index (χ1) is 7.20. The lowest BCUT2D eigenvalue weighted by Crippen LogP contribution is -2.09. The van der Waals surface area contributed by atoms with Crippen molar-refractivity contribution in [2.24, 2.45) is 0 Å². The van der Waals surface area contributed by atoms with E-state index < -0.39 is 5.97 Å². The Labute approximate surface area is 87.9 Å². The molecule has 0 atom stereocenters. The first-order valence-electron chi connectivity index (χ1n) is 4.98. The van der Waals surface area contributed by atoms with Gasteiger partial charge < -0.3 is 9.84 Å². The Morgan fingerprint density at radius 3 is 2.73 bits per heavy atom. The number of pyridine rings is 1. The van der Waals surface area contributed by atoms with Crippen molar-refractivity contribution >= 4 is 5.97 Å². The van der Waals surface area contributed by atoms with Crippen LogP contribution in [-0.2, 0) is 17.6 Å². The van der Waals surface area contributed by atoms with Crippen LogP contribution in [0.5, 0.6) is 0 Å².